The van der Waals surface area contributed by atoms with Gasteiger partial charge >= 0.3 is 8.80 Å². The van der Waals surface area contributed by atoms with Crippen molar-refractivity contribution in [1.82, 2.24) is 0 Å². The molecule has 0 radical (unpaired) electrons. The fourth-order valence-electron chi connectivity index (χ4n) is 2.34. The van der Waals surface area contributed by atoms with Crippen molar-refractivity contribution in [1.29, 1.82) is 0 Å². The molecule has 1 fully saturated rings. The molecule has 6 heteroatoms. The van der Waals surface area contributed by atoms with Crippen LogP contribution in [-0.2, 0) is 22.8 Å². The Morgan fingerprint density at radius 3 is 2.30 bits per heavy atom. The van der Waals surface area contributed by atoms with Crippen LogP contribution in [-0.4, -0.2) is 55.6 Å². The average molecular weight is 304 g/mol. The first-order valence-corrected chi connectivity index (χ1v) is 8.91. The first-order valence-electron chi connectivity index (χ1n) is 7.11. The molecule has 1 rings (SSSR count). The van der Waals surface area contributed by atoms with Crippen LogP contribution in [0.3, 0.4) is 0 Å². The Bertz CT molecular complexity index is 281. The molecule has 0 amide bonds. The Hall–Kier alpha value is -0.243. The standard InChI is InChI=1S/C14H28O5Si/c1-6-7-8-14(20(15-3,16-4)17-5)9-12(2)18-10-13-11-19-13/h6-7,12-14H,8-11H2,1-5H3. The van der Waals surface area contributed by atoms with Crippen LogP contribution in [0.25, 0.3) is 0 Å². The van der Waals surface area contributed by atoms with E-state index in [9.17, 15) is 0 Å². The third kappa shape index (κ3) is 5.27. The molecule has 3 atom stereocenters. The Labute approximate surface area is 123 Å². The minimum Gasteiger partial charge on any atom is -0.377 e. The van der Waals surface area contributed by atoms with Crippen molar-refractivity contribution < 1.29 is 22.8 Å². The van der Waals surface area contributed by atoms with Crippen LogP contribution in [0.1, 0.15) is 26.7 Å². The molecule has 0 aliphatic carbocycles. The lowest BCUT2D eigenvalue weighted by atomic mass is 10.1. The van der Waals surface area contributed by atoms with Gasteiger partial charge in [-0.05, 0) is 26.7 Å². The molecule has 3 unspecified atom stereocenters. The maximum Gasteiger partial charge on any atom is 0.503 e. The normalized spacial score (nSPS) is 22.1. The fourth-order valence-corrected chi connectivity index (χ4v) is 4.89. The molecule has 0 aromatic carbocycles. The van der Waals surface area contributed by atoms with Gasteiger partial charge in [0.2, 0.25) is 0 Å². The summed E-state index contributed by atoms with van der Waals surface area (Å²) in [6, 6.07) is 0. The predicted octanol–water partition coefficient (Wildman–Crippen LogP) is 2.39. The third-order valence-corrected chi connectivity index (χ3v) is 6.77. The summed E-state index contributed by atoms with van der Waals surface area (Å²) in [5.41, 5.74) is 0.189. The predicted molar refractivity (Wildman–Crippen MR) is 79.7 cm³/mol. The molecule has 0 spiro atoms. The largest absolute Gasteiger partial charge is 0.503 e. The van der Waals surface area contributed by atoms with Crippen LogP contribution < -0.4 is 0 Å². The molecule has 1 heterocycles. The highest BCUT2D eigenvalue weighted by atomic mass is 28.4. The van der Waals surface area contributed by atoms with Gasteiger partial charge in [0, 0.05) is 26.9 Å². The minimum absolute atomic E-state index is 0.127. The first kappa shape index (κ1) is 17.8. The summed E-state index contributed by atoms with van der Waals surface area (Å²) in [6.07, 6.45) is 6.30. The summed E-state index contributed by atoms with van der Waals surface area (Å²) in [5, 5.41) is 0. The van der Waals surface area contributed by atoms with Gasteiger partial charge < -0.3 is 22.8 Å². The summed E-state index contributed by atoms with van der Waals surface area (Å²) < 4.78 is 27.8. The van der Waals surface area contributed by atoms with E-state index in [1.54, 1.807) is 21.3 Å². The van der Waals surface area contributed by atoms with Crippen molar-refractivity contribution in [3.05, 3.63) is 12.2 Å². The van der Waals surface area contributed by atoms with Gasteiger partial charge in [-0.1, -0.05) is 12.2 Å². The molecule has 0 bridgehead atoms. The number of hydrogen-bond donors (Lipinski definition) is 0. The van der Waals surface area contributed by atoms with Crippen LogP contribution in [0.4, 0.5) is 0 Å². The summed E-state index contributed by atoms with van der Waals surface area (Å²) in [4.78, 5) is 0. The van der Waals surface area contributed by atoms with Gasteiger partial charge in [-0.15, -0.1) is 0 Å². The highest BCUT2D eigenvalue weighted by Gasteiger charge is 2.47. The summed E-state index contributed by atoms with van der Waals surface area (Å²) in [7, 11) is 2.32. The molecule has 1 aliphatic rings. The van der Waals surface area contributed by atoms with E-state index in [-0.39, 0.29) is 11.6 Å². The lowest BCUT2D eigenvalue weighted by Gasteiger charge is -2.33. The van der Waals surface area contributed by atoms with E-state index < -0.39 is 8.80 Å². The number of hydrogen-bond acceptors (Lipinski definition) is 5. The van der Waals surface area contributed by atoms with Crippen molar-refractivity contribution in [2.45, 2.75) is 44.4 Å². The number of ether oxygens (including phenoxy) is 2. The monoisotopic (exact) mass is 304 g/mol. The lowest BCUT2D eigenvalue weighted by molar-refractivity contribution is 0.0378. The maximum absolute atomic E-state index is 5.81. The van der Waals surface area contributed by atoms with Gasteiger partial charge in [-0.2, -0.15) is 0 Å². The molecule has 0 aromatic rings. The molecule has 1 saturated heterocycles. The van der Waals surface area contributed by atoms with E-state index in [0.29, 0.717) is 12.7 Å². The van der Waals surface area contributed by atoms with E-state index in [1.807, 2.05) is 13.0 Å². The topological polar surface area (TPSA) is 49.5 Å². The SMILES string of the molecule is CC=CCC(CC(C)OCC1CO1)[Si](OC)(OC)OC. The second-order valence-corrected chi connectivity index (χ2v) is 8.30. The molecule has 1 aliphatic heterocycles. The zero-order valence-electron chi connectivity index (χ0n) is 13.3. The van der Waals surface area contributed by atoms with E-state index in [0.717, 1.165) is 19.4 Å². The molecular weight excluding hydrogens is 276 g/mol. The average Bonchev–Trinajstić information content (AvgIpc) is 3.28. The Morgan fingerprint density at radius 2 is 1.85 bits per heavy atom. The number of epoxide rings is 1. The van der Waals surface area contributed by atoms with E-state index >= 15 is 0 Å². The van der Waals surface area contributed by atoms with Gasteiger partial charge in [0.25, 0.3) is 0 Å². The van der Waals surface area contributed by atoms with Gasteiger partial charge in [0.1, 0.15) is 6.10 Å². The quantitative estimate of drug-likeness (QED) is 0.333. The Kier molecular flexibility index (Phi) is 7.94. The molecule has 0 aromatic heterocycles. The van der Waals surface area contributed by atoms with Crippen molar-refractivity contribution in [2.24, 2.45) is 0 Å². The van der Waals surface area contributed by atoms with Gasteiger partial charge in [-0.25, -0.2) is 0 Å². The molecule has 5 nitrogen and oxygen atoms in total. The van der Waals surface area contributed by atoms with Crippen LogP contribution in [0.2, 0.25) is 5.54 Å². The van der Waals surface area contributed by atoms with E-state index in [2.05, 4.69) is 13.0 Å². The van der Waals surface area contributed by atoms with Gasteiger partial charge in [-0.3, -0.25) is 0 Å². The lowest BCUT2D eigenvalue weighted by Crippen LogP contribution is -2.48. The molecule has 0 saturated carbocycles. The summed E-state index contributed by atoms with van der Waals surface area (Å²) in [6.45, 7) is 5.57. The first-order chi connectivity index (χ1) is 9.61. The van der Waals surface area contributed by atoms with Crippen LogP contribution >= 0.6 is 0 Å². The second-order valence-electron chi connectivity index (χ2n) is 5.05. The van der Waals surface area contributed by atoms with E-state index in [1.165, 1.54) is 0 Å². The van der Waals surface area contributed by atoms with Crippen molar-refractivity contribution in [3.63, 3.8) is 0 Å². The summed E-state index contributed by atoms with van der Waals surface area (Å²) in [5.74, 6) is 0. The maximum atomic E-state index is 5.81. The second kappa shape index (κ2) is 8.91. The zero-order chi connectivity index (χ0) is 15.0. The Balaban J connectivity index is 2.60. The molecular formula is C14H28O5Si. The fraction of sp³-hybridized carbons (Fsp3) is 0.857. The van der Waals surface area contributed by atoms with Crippen molar-refractivity contribution in [2.75, 3.05) is 34.5 Å². The van der Waals surface area contributed by atoms with E-state index in [4.69, 9.17) is 22.8 Å². The molecule has 118 valence electrons. The van der Waals surface area contributed by atoms with Crippen molar-refractivity contribution in [3.8, 4) is 0 Å². The van der Waals surface area contributed by atoms with Crippen LogP contribution in [0.15, 0.2) is 12.2 Å². The van der Waals surface area contributed by atoms with Crippen molar-refractivity contribution >= 4 is 8.80 Å². The van der Waals surface area contributed by atoms with Crippen LogP contribution in [0, 0.1) is 0 Å². The highest BCUT2D eigenvalue weighted by Crippen LogP contribution is 2.33. The molecule has 20 heavy (non-hydrogen) atoms. The molecule has 0 N–H and O–H groups in total. The Morgan fingerprint density at radius 1 is 1.25 bits per heavy atom. The third-order valence-electron chi connectivity index (χ3n) is 3.60. The minimum atomic E-state index is -2.65. The summed E-state index contributed by atoms with van der Waals surface area (Å²) >= 11 is 0. The number of rotatable bonds is 11. The van der Waals surface area contributed by atoms with Crippen LogP contribution in [0.5, 0.6) is 0 Å². The zero-order valence-corrected chi connectivity index (χ0v) is 14.3. The van der Waals surface area contributed by atoms with Gasteiger partial charge in [0.15, 0.2) is 0 Å². The number of allylic oxidation sites excluding steroid dienone is 2. The smallest absolute Gasteiger partial charge is 0.377 e. The highest BCUT2D eigenvalue weighted by molar-refractivity contribution is 6.62. The van der Waals surface area contributed by atoms with Gasteiger partial charge in [0.05, 0.1) is 19.3 Å².